The highest BCUT2D eigenvalue weighted by Gasteiger charge is 2.23. The molecular formula is C18H24FNO4. The van der Waals surface area contributed by atoms with Gasteiger partial charge in [0.2, 0.25) is 5.91 Å². The molecule has 1 heterocycles. The molecule has 1 aromatic carbocycles. The van der Waals surface area contributed by atoms with Gasteiger partial charge in [0.1, 0.15) is 0 Å². The van der Waals surface area contributed by atoms with Crippen LogP contribution in [0.4, 0.5) is 4.39 Å². The predicted octanol–water partition coefficient (Wildman–Crippen LogP) is 3.09. The Balaban J connectivity index is 1.68. The van der Waals surface area contributed by atoms with Crippen molar-refractivity contribution in [3.8, 4) is 5.75 Å². The van der Waals surface area contributed by atoms with E-state index in [9.17, 15) is 14.0 Å². The SMILES string of the molecule is O=C(O)CC[C@H]1CCCN(C(=O)CCCOc2ccccc2F)C1. The first-order valence-electron chi connectivity index (χ1n) is 8.43. The van der Waals surface area contributed by atoms with E-state index in [0.717, 1.165) is 19.4 Å². The molecule has 0 radical (unpaired) electrons. The molecule has 1 aliphatic heterocycles. The van der Waals surface area contributed by atoms with Crippen LogP contribution in [0.25, 0.3) is 0 Å². The fourth-order valence-corrected chi connectivity index (χ4v) is 2.98. The van der Waals surface area contributed by atoms with Crippen LogP contribution in [0, 0.1) is 11.7 Å². The van der Waals surface area contributed by atoms with Crippen LogP contribution in [0.3, 0.4) is 0 Å². The van der Waals surface area contributed by atoms with Gasteiger partial charge in [0.25, 0.3) is 0 Å². The van der Waals surface area contributed by atoms with Crippen molar-refractivity contribution in [2.24, 2.45) is 5.92 Å². The minimum atomic E-state index is -0.788. The van der Waals surface area contributed by atoms with Gasteiger partial charge in [0.05, 0.1) is 6.61 Å². The molecule has 1 amide bonds. The van der Waals surface area contributed by atoms with E-state index in [4.69, 9.17) is 9.84 Å². The van der Waals surface area contributed by atoms with E-state index in [0.29, 0.717) is 32.4 Å². The largest absolute Gasteiger partial charge is 0.491 e. The molecule has 132 valence electrons. The summed E-state index contributed by atoms with van der Waals surface area (Å²) in [7, 11) is 0. The number of carboxylic acid groups (broad SMARTS) is 1. The van der Waals surface area contributed by atoms with Gasteiger partial charge in [0.15, 0.2) is 11.6 Å². The van der Waals surface area contributed by atoms with Crippen LogP contribution in [-0.2, 0) is 9.59 Å². The number of ether oxygens (including phenoxy) is 1. The summed E-state index contributed by atoms with van der Waals surface area (Å²) in [6, 6.07) is 6.21. The molecule has 6 heteroatoms. The van der Waals surface area contributed by atoms with Crippen LogP contribution in [0.1, 0.15) is 38.5 Å². The van der Waals surface area contributed by atoms with Gasteiger partial charge in [-0.25, -0.2) is 4.39 Å². The van der Waals surface area contributed by atoms with Crippen LogP contribution in [0.15, 0.2) is 24.3 Å². The molecule has 0 aliphatic carbocycles. The monoisotopic (exact) mass is 337 g/mol. The maximum absolute atomic E-state index is 13.4. The number of hydrogen-bond acceptors (Lipinski definition) is 3. The summed E-state index contributed by atoms with van der Waals surface area (Å²) in [4.78, 5) is 24.7. The Hall–Kier alpha value is -2.11. The van der Waals surface area contributed by atoms with E-state index in [-0.39, 0.29) is 24.0 Å². The molecule has 0 unspecified atom stereocenters. The van der Waals surface area contributed by atoms with E-state index in [1.165, 1.54) is 6.07 Å². The first-order valence-corrected chi connectivity index (χ1v) is 8.43. The first kappa shape index (κ1) is 18.2. The molecule has 1 N–H and O–H groups in total. The van der Waals surface area contributed by atoms with Gasteiger partial charge in [-0.1, -0.05) is 12.1 Å². The number of likely N-dealkylation sites (tertiary alicyclic amines) is 1. The second-order valence-corrected chi connectivity index (χ2v) is 6.16. The molecule has 1 aromatic rings. The van der Waals surface area contributed by atoms with Gasteiger partial charge in [-0.05, 0) is 43.7 Å². The number of rotatable bonds is 8. The Morgan fingerprint density at radius 2 is 2.08 bits per heavy atom. The lowest BCUT2D eigenvalue weighted by molar-refractivity contribution is -0.137. The fraction of sp³-hybridized carbons (Fsp3) is 0.556. The highest BCUT2D eigenvalue weighted by atomic mass is 19.1. The number of piperidine rings is 1. The third-order valence-corrected chi connectivity index (χ3v) is 4.27. The van der Waals surface area contributed by atoms with Crippen LogP contribution >= 0.6 is 0 Å². The van der Waals surface area contributed by atoms with E-state index in [1.54, 1.807) is 18.2 Å². The topological polar surface area (TPSA) is 66.8 Å². The third kappa shape index (κ3) is 5.83. The van der Waals surface area contributed by atoms with E-state index in [2.05, 4.69) is 0 Å². The minimum Gasteiger partial charge on any atom is -0.491 e. The maximum Gasteiger partial charge on any atom is 0.303 e. The quantitative estimate of drug-likeness (QED) is 0.740. The fourth-order valence-electron chi connectivity index (χ4n) is 2.98. The molecule has 0 bridgehead atoms. The number of nitrogens with zero attached hydrogens (tertiary/aromatic N) is 1. The van der Waals surface area contributed by atoms with Crippen molar-refractivity contribution in [2.45, 2.75) is 38.5 Å². The van der Waals surface area contributed by atoms with Crippen molar-refractivity contribution < 1.29 is 23.8 Å². The third-order valence-electron chi connectivity index (χ3n) is 4.27. The molecule has 1 atom stereocenters. The van der Waals surface area contributed by atoms with Crippen molar-refractivity contribution in [1.29, 1.82) is 0 Å². The summed E-state index contributed by atoms with van der Waals surface area (Å²) in [5.41, 5.74) is 0. The highest BCUT2D eigenvalue weighted by Crippen LogP contribution is 2.22. The molecule has 0 spiro atoms. The molecule has 1 aliphatic rings. The summed E-state index contributed by atoms with van der Waals surface area (Å²) in [5.74, 6) is -0.651. The number of halogens is 1. The Morgan fingerprint density at radius 3 is 2.83 bits per heavy atom. The molecular weight excluding hydrogens is 313 g/mol. The van der Waals surface area contributed by atoms with Crippen molar-refractivity contribution in [2.75, 3.05) is 19.7 Å². The van der Waals surface area contributed by atoms with Gasteiger partial charge >= 0.3 is 5.97 Å². The number of aliphatic carboxylic acids is 1. The number of carbonyl (C=O) groups is 2. The Bertz CT molecular complexity index is 564. The van der Waals surface area contributed by atoms with Crippen molar-refractivity contribution in [1.82, 2.24) is 4.90 Å². The summed E-state index contributed by atoms with van der Waals surface area (Å²) in [6.45, 7) is 1.67. The lowest BCUT2D eigenvalue weighted by Gasteiger charge is -2.32. The molecule has 5 nitrogen and oxygen atoms in total. The molecule has 24 heavy (non-hydrogen) atoms. The lowest BCUT2D eigenvalue weighted by Crippen LogP contribution is -2.40. The van der Waals surface area contributed by atoms with Gasteiger partial charge in [-0.3, -0.25) is 9.59 Å². The molecule has 0 saturated carbocycles. The number of para-hydroxylation sites is 1. The number of amides is 1. The zero-order valence-electron chi connectivity index (χ0n) is 13.7. The number of hydrogen-bond donors (Lipinski definition) is 1. The Morgan fingerprint density at radius 1 is 1.29 bits per heavy atom. The Kier molecular flexibility index (Phi) is 7.03. The predicted molar refractivity (Wildman–Crippen MR) is 87.3 cm³/mol. The molecule has 1 saturated heterocycles. The van der Waals surface area contributed by atoms with Crippen molar-refractivity contribution >= 4 is 11.9 Å². The zero-order chi connectivity index (χ0) is 17.4. The number of benzene rings is 1. The van der Waals surface area contributed by atoms with Crippen LogP contribution < -0.4 is 4.74 Å². The van der Waals surface area contributed by atoms with Crippen LogP contribution in [-0.4, -0.2) is 41.6 Å². The summed E-state index contributed by atoms with van der Waals surface area (Å²) < 4.78 is 18.7. The average molecular weight is 337 g/mol. The minimum absolute atomic E-state index is 0.0622. The summed E-state index contributed by atoms with van der Waals surface area (Å²) >= 11 is 0. The molecule has 0 aromatic heterocycles. The maximum atomic E-state index is 13.4. The number of carboxylic acids is 1. The van der Waals surface area contributed by atoms with Crippen molar-refractivity contribution in [3.05, 3.63) is 30.1 Å². The smallest absolute Gasteiger partial charge is 0.303 e. The van der Waals surface area contributed by atoms with Crippen LogP contribution in [0.5, 0.6) is 5.75 Å². The average Bonchev–Trinajstić information content (AvgIpc) is 2.58. The zero-order valence-corrected chi connectivity index (χ0v) is 13.7. The first-order chi connectivity index (χ1) is 11.6. The number of carbonyl (C=O) groups excluding carboxylic acids is 1. The normalized spacial score (nSPS) is 17.5. The highest BCUT2D eigenvalue weighted by molar-refractivity contribution is 5.76. The summed E-state index contributed by atoms with van der Waals surface area (Å²) in [6.07, 6.45) is 3.57. The Labute approximate surface area is 141 Å². The second-order valence-electron chi connectivity index (χ2n) is 6.16. The van der Waals surface area contributed by atoms with Crippen LogP contribution in [0.2, 0.25) is 0 Å². The lowest BCUT2D eigenvalue weighted by atomic mass is 9.93. The van der Waals surface area contributed by atoms with E-state index in [1.807, 2.05) is 4.90 Å². The molecule has 1 fully saturated rings. The van der Waals surface area contributed by atoms with Gasteiger partial charge in [-0.15, -0.1) is 0 Å². The van der Waals surface area contributed by atoms with E-state index >= 15 is 0 Å². The van der Waals surface area contributed by atoms with Gasteiger partial charge in [-0.2, -0.15) is 0 Å². The van der Waals surface area contributed by atoms with Crippen molar-refractivity contribution in [3.63, 3.8) is 0 Å². The second kappa shape index (κ2) is 9.25. The van der Waals surface area contributed by atoms with E-state index < -0.39 is 11.8 Å². The summed E-state index contributed by atoms with van der Waals surface area (Å²) in [5, 5.41) is 8.75. The van der Waals surface area contributed by atoms with Gasteiger partial charge in [0, 0.05) is 25.9 Å². The van der Waals surface area contributed by atoms with Gasteiger partial charge < -0.3 is 14.7 Å². The standard InChI is InChI=1S/C18H24FNO4/c19-15-6-1-2-7-16(15)24-12-4-8-17(21)20-11-3-5-14(13-20)9-10-18(22)23/h1-2,6-7,14H,3-5,8-13H2,(H,22,23)/t14-/m1/s1. The molecule has 2 rings (SSSR count).